The molecule has 0 aromatic carbocycles. The van der Waals surface area contributed by atoms with Crippen LogP contribution in [0.4, 0.5) is 0 Å². The summed E-state index contributed by atoms with van der Waals surface area (Å²) >= 11 is 0. The van der Waals surface area contributed by atoms with Gasteiger partial charge in [-0.25, -0.2) is 0 Å². The summed E-state index contributed by atoms with van der Waals surface area (Å²) in [6, 6.07) is 0. The van der Waals surface area contributed by atoms with Crippen molar-refractivity contribution in [1.82, 2.24) is 0 Å². The maximum Gasteiger partial charge on any atom is 0.0811 e. The van der Waals surface area contributed by atoms with Crippen LogP contribution in [0, 0.1) is 23.2 Å². The molecular formula is C27H44O3. The van der Waals surface area contributed by atoms with Crippen LogP contribution in [0.1, 0.15) is 100.0 Å². The first-order valence-corrected chi connectivity index (χ1v) is 11.7. The van der Waals surface area contributed by atoms with Crippen molar-refractivity contribution >= 4 is 0 Å². The lowest BCUT2D eigenvalue weighted by Crippen LogP contribution is -2.36. The summed E-state index contributed by atoms with van der Waals surface area (Å²) in [5.41, 5.74) is 0.463. The molecule has 0 aromatic heterocycles. The molecular weight excluding hydrogens is 372 g/mol. The van der Waals surface area contributed by atoms with Crippen molar-refractivity contribution in [2.75, 3.05) is 0 Å². The number of fused-ring (bicyclic) bond motifs is 1. The van der Waals surface area contributed by atoms with Gasteiger partial charge in [-0.15, -0.1) is 0 Å². The molecule has 3 nitrogen and oxygen atoms in total. The minimum Gasteiger partial charge on any atom is -0.393 e. The molecule has 0 aliphatic heterocycles. The van der Waals surface area contributed by atoms with Crippen LogP contribution in [-0.4, -0.2) is 33.1 Å². The van der Waals surface area contributed by atoms with E-state index in [0.717, 1.165) is 37.7 Å². The van der Waals surface area contributed by atoms with E-state index >= 15 is 0 Å². The number of hydrogen-bond acceptors (Lipinski definition) is 3. The van der Waals surface area contributed by atoms with Crippen LogP contribution in [0.15, 0.2) is 35.5 Å². The van der Waals surface area contributed by atoms with E-state index < -0.39 is 31.5 Å². The normalized spacial score (nSPS) is 42.6. The molecule has 0 unspecified atom stereocenters. The van der Waals surface area contributed by atoms with E-state index in [2.05, 4.69) is 26.5 Å². The average molecular weight is 423 g/mol. The van der Waals surface area contributed by atoms with Crippen molar-refractivity contribution in [2.45, 2.75) is 110 Å². The Balaban J connectivity index is 1.69. The molecule has 0 amide bonds. The zero-order valence-corrected chi connectivity index (χ0v) is 18.7. The van der Waals surface area contributed by atoms with Crippen molar-refractivity contribution in [3.63, 3.8) is 0 Å². The zero-order chi connectivity index (χ0) is 27.1. The smallest absolute Gasteiger partial charge is 0.0811 e. The Bertz CT molecular complexity index is 860. The van der Waals surface area contributed by atoms with Gasteiger partial charge in [0.05, 0.1) is 17.8 Å². The predicted octanol–water partition coefficient (Wildman–Crippen LogP) is 5.70. The van der Waals surface area contributed by atoms with Gasteiger partial charge in [0, 0.05) is 14.6 Å². The van der Waals surface area contributed by atoms with Gasteiger partial charge in [0.15, 0.2) is 0 Å². The average Bonchev–Trinajstić information content (AvgIpc) is 3.11. The second-order valence-electron chi connectivity index (χ2n) is 10.4. The Labute approximate surface area is 192 Å². The molecule has 0 aromatic rings. The highest BCUT2D eigenvalue weighted by Crippen LogP contribution is 2.60. The fourth-order valence-electron chi connectivity index (χ4n) is 6.56. The third-order valence-electron chi connectivity index (χ3n) is 8.19. The second-order valence-corrected chi connectivity index (χ2v) is 10.4. The number of aliphatic hydroxyl groups excluding tert-OH is 2. The van der Waals surface area contributed by atoms with Crippen LogP contribution in [0.5, 0.6) is 0 Å². The quantitative estimate of drug-likeness (QED) is 0.514. The second kappa shape index (κ2) is 9.30. The lowest BCUT2D eigenvalue weighted by atomic mass is 9.60. The molecule has 3 rings (SSSR count). The summed E-state index contributed by atoms with van der Waals surface area (Å²) in [6.07, 6.45) is 10.0. The van der Waals surface area contributed by atoms with E-state index in [9.17, 15) is 15.3 Å². The Kier molecular flexibility index (Phi) is 5.18. The third-order valence-corrected chi connectivity index (χ3v) is 8.19. The molecule has 3 aliphatic carbocycles. The van der Waals surface area contributed by atoms with Gasteiger partial charge in [-0.05, 0) is 93.0 Å². The van der Waals surface area contributed by atoms with Gasteiger partial charge >= 0.3 is 0 Å². The fraction of sp³-hybridized carbons (Fsp3) is 0.778. The molecule has 0 bridgehead atoms. The van der Waals surface area contributed by atoms with Gasteiger partial charge in [-0.1, -0.05) is 51.0 Å². The van der Waals surface area contributed by atoms with Gasteiger partial charge in [0.2, 0.25) is 0 Å². The van der Waals surface area contributed by atoms with Crippen LogP contribution >= 0.6 is 0 Å². The Morgan fingerprint density at radius 2 is 2.07 bits per heavy atom. The summed E-state index contributed by atoms with van der Waals surface area (Å²) in [4.78, 5) is 0. The first kappa shape index (κ1) is 16.7. The van der Waals surface area contributed by atoms with Crippen LogP contribution in [0.2, 0.25) is 0 Å². The van der Waals surface area contributed by atoms with Crippen LogP contribution in [0.25, 0.3) is 0 Å². The Morgan fingerprint density at radius 3 is 2.80 bits per heavy atom. The topological polar surface area (TPSA) is 60.7 Å². The number of hydrogen-bond donors (Lipinski definition) is 3. The molecule has 6 atom stereocenters. The van der Waals surface area contributed by atoms with Crippen molar-refractivity contribution in [1.29, 1.82) is 0 Å². The van der Waals surface area contributed by atoms with Crippen molar-refractivity contribution in [3.05, 3.63) is 35.5 Å². The predicted molar refractivity (Wildman–Crippen MR) is 124 cm³/mol. The molecule has 3 heteroatoms. The van der Waals surface area contributed by atoms with E-state index in [-0.39, 0.29) is 11.8 Å². The molecule has 3 N–H and O–H groups in total. The van der Waals surface area contributed by atoms with E-state index in [0.29, 0.717) is 49.0 Å². The van der Waals surface area contributed by atoms with Gasteiger partial charge in [-0.3, -0.25) is 0 Å². The molecule has 3 aliphatic rings. The monoisotopic (exact) mass is 422 g/mol. The van der Waals surface area contributed by atoms with Gasteiger partial charge in [0.25, 0.3) is 0 Å². The number of allylic oxidation sites excluding steroid dienone is 3. The van der Waals surface area contributed by atoms with E-state index in [1.165, 1.54) is 5.57 Å². The standard InChI is InChI=1S/C27H44O3/c1-18(8-6-14-26(3,4)30)23-12-13-24-20(9-7-15-27(23,24)5)10-11-21-16-22(28)17-25(29)19(21)2/h10-11,18,22-25,28-30H,2,6-9,12-17H2,1,3-5H3/b20-10+,21-11+/t18-,22-,23-,24+,25+,27-/m1/s1/i3D3,4D3. The summed E-state index contributed by atoms with van der Waals surface area (Å²) < 4.78 is 45.6. The van der Waals surface area contributed by atoms with Gasteiger partial charge < -0.3 is 15.3 Å². The van der Waals surface area contributed by atoms with Crippen LogP contribution in [-0.2, 0) is 0 Å². The summed E-state index contributed by atoms with van der Waals surface area (Å²) in [7, 11) is 0. The first-order valence-electron chi connectivity index (χ1n) is 14.7. The molecule has 0 spiro atoms. The van der Waals surface area contributed by atoms with E-state index in [4.69, 9.17) is 8.22 Å². The minimum atomic E-state index is -2.96. The first-order chi connectivity index (χ1) is 16.5. The van der Waals surface area contributed by atoms with Crippen molar-refractivity contribution < 1.29 is 23.5 Å². The Hall–Kier alpha value is -0.900. The summed E-state index contributed by atoms with van der Waals surface area (Å²) in [6.45, 7) is 2.64. The molecule has 3 fully saturated rings. The lowest BCUT2D eigenvalue weighted by molar-refractivity contribution is 0.0596. The zero-order valence-electron chi connectivity index (χ0n) is 24.7. The third kappa shape index (κ3) is 5.29. The molecule has 170 valence electrons. The molecule has 3 saturated carbocycles. The maximum atomic E-state index is 10.6. The van der Waals surface area contributed by atoms with E-state index in [1.807, 2.05) is 6.08 Å². The summed E-state index contributed by atoms with van der Waals surface area (Å²) in [5.74, 6) is 1.18. The van der Waals surface area contributed by atoms with Crippen molar-refractivity contribution in [2.24, 2.45) is 23.2 Å². The highest BCUT2D eigenvalue weighted by molar-refractivity contribution is 5.38. The molecule has 30 heavy (non-hydrogen) atoms. The molecule has 0 heterocycles. The summed E-state index contributed by atoms with van der Waals surface area (Å²) in [5, 5.41) is 30.8. The molecule has 0 saturated heterocycles. The Morgan fingerprint density at radius 1 is 1.30 bits per heavy atom. The highest BCUT2D eigenvalue weighted by atomic mass is 16.3. The van der Waals surface area contributed by atoms with Crippen LogP contribution < -0.4 is 0 Å². The fourth-order valence-corrected chi connectivity index (χ4v) is 6.56. The largest absolute Gasteiger partial charge is 0.393 e. The van der Waals surface area contributed by atoms with Crippen LogP contribution in [0.3, 0.4) is 0 Å². The van der Waals surface area contributed by atoms with E-state index in [1.54, 1.807) is 0 Å². The maximum absolute atomic E-state index is 10.6. The molecule has 0 radical (unpaired) electrons. The number of rotatable bonds is 6. The van der Waals surface area contributed by atoms with Gasteiger partial charge in [-0.2, -0.15) is 0 Å². The lowest BCUT2D eigenvalue weighted by Gasteiger charge is -2.44. The SMILES string of the molecule is [2H]C([2H])([2H])C(O)(CCC[C@@H](C)[C@H]1CC[C@H]2/C(=C/C=C3\C[C@@H](O)C[C@H](O)C3=C)CCC[C@]12C)C([2H])([2H])[2H]. The van der Waals surface area contributed by atoms with Gasteiger partial charge in [0.1, 0.15) is 0 Å². The minimum absolute atomic E-state index is 0.120. The number of aliphatic hydroxyl groups is 3. The highest BCUT2D eigenvalue weighted by Gasteiger charge is 2.50. The van der Waals surface area contributed by atoms with Crippen molar-refractivity contribution in [3.8, 4) is 0 Å².